The third kappa shape index (κ3) is 3.24. The second-order valence-corrected chi connectivity index (χ2v) is 7.66. The molecule has 25 heavy (non-hydrogen) atoms. The number of aliphatic hydroxyl groups excluding tert-OH is 1. The number of fused-ring (bicyclic) bond motifs is 1. The number of halogens is 1. The van der Waals surface area contributed by atoms with E-state index in [2.05, 4.69) is 20.8 Å². The maximum Gasteiger partial charge on any atom is 0.328 e. The quantitative estimate of drug-likeness (QED) is 0.789. The molecule has 1 heterocycles. The Bertz CT molecular complexity index is 993. The van der Waals surface area contributed by atoms with Gasteiger partial charge in [0.1, 0.15) is 5.82 Å². The van der Waals surface area contributed by atoms with Gasteiger partial charge in [0.15, 0.2) is 0 Å². The average molecular weight is 342 g/mol. The molecule has 1 aromatic heterocycles. The van der Waals surface area contributed by atoms with Crippen molar-refractivity contribution in [2.24, 2.45) is 12.5 Å². The van der Waals surface area contributed by atoms with Gasteiger partial charge in [-0.05, 0) is 40.8 Å². The Kier molecular flexibility index (Phi) is 4.29. The van der Waals surface area contributed by atoms with Crippen LogP contribution >= 0.6 is 0 Å². The van der Waals surface area contributed by atoms with Crippen LogP contribution < -0.4 is 5.69 Å². The molecule has 3 aromatic rings. The average Bonchev–Trinajstić information content (AvgIpc) is 2.78. The topological polar surface area (TPSA) is 47.2 Å². The summed E-state index contributed by atoms with van der Waals surface area (Å²) in [4.78, 5) is 12.6. The molecule has 0 amide bonds. The molecule has 0 atom stereocenters. The van der Waals surface area contributed by atoms with Crippen molar-refractivity contribution < 1.29 is 9.50 Å². The number of nitrogens with zero attached hydrogens (tertiary/aromatic N) is 2. The van der Waals surface area contributed by atoms with Crippen LogP contribution in [0.25, 0.3) is 22.2 Å². The standard InChI is InChI=1S/C20H23FN2O2/c1-20(2,3)12-23-17-8-6-14(10-18(17)22(4)19(23)25)13-5-7-16(21)15(9-13)11-24/h5-10,24H,11-12H2,1-4H3. The molecule has 0 radical (unpaired) electrons. The summed E-state index contributed by atoms with van der Waals surface area (Å²) in [6.45, 7) is 6.58. The van der Waals surface area contributed by atoms with Crippen molar-refractivity contribution in [2.45, 2.75) is 33.9 Å². The largest absolute Gasteiger partial charge is 0.392 e. The first-order valence-corrected chi connectivity index (χ1v) is 8.30. The molecule has 0 bridgehead atoms. The van der Waals surface area contributed by atoms with E-state index in [1.54, 1.807) is 28.3 Å². The molecule has 0 fully saturated rings. The Labute approximate surface area is 146 Å². The molecule has 2 aromatic carbocycles. The number of hydrogen-bond acceptors (Lipinski definition) is 2. The lowest BCUT2D eigenvalue weighted by molar-refractivity contribution is 0.276. The van der Waals surface area contributed by atoms with E-state index in [1.807, 2.05) is 18.2 Å². The molecular weight excluding hydrogens is 319 g/mol. The fourth-order valence-corrected chi connectivity index (χ4v) is 3.09. The summed E-state index contributed by atoms with van der Waals surface area (Å²) in [5.74, 6) is -0.420. The minimum Gasteiger partial charge on any atom is -0.392 e. The number of rotatable bonds is 3. The second kappa shape index (κ2) is 6.15. The van der Waals surface area contributed by atoms with Gasteiger partial charge in [0.05, 0.1) is 17.6 Å². The Balaban J connectivity index is 2.16. The third-order valence-electron chi connectivity index (χ3n) is 4.33. The van der Waals surface area contributed by atoms with E-state index >= 15 is 0 Å². The van der Waals surface area contributed by atoms with Gasteiger partial charge >= 0.3 is 5.69 Å². The normalized spacial score (nSPS) is 12.1. The highest BCUT2D eigenvalue weighted by molar-refractivity contribution is 5.82. The fourth-order valence-electron chi connectivity index (χ4n) is 3.09. The van der Waals surface area contributed by atoms with Crippen molar-refractivity contribution in [3.8, 4) is 11.1 Å². The number of imidazole rings is 1. The Morgan fingerprint density at radius 3 is 2.32 bits per heavy atom. The van der Waals surface area contributed by atoms with Crippen LogP contribution in [-0.2, 0) is 20.2 Å². The molecule has 3 rings (SSSR count). The lowest BCUT2D eigenvalue weighted by Crippen LogP contribution is -2.27. The van der Waals surface area contributed by atoms with Crippen molar-refractivity contribution in [3.05, 3.63) is 58.3 Å². The summed E-state index contributed by atoms with van der Waals surface area (Å²) in [6, 6.07) is 10.5. The predicted molar refractivity (Wildman–Crippen MR) is 98.0 cm³/mol. The van der Waals surface area contributed by atoms with Crippen molar-refractivity contribution in [1.82, 2.24) is 9.13 Å². The molecule has 132 valence electrons. The molecule has 4 nitrogen and oxygen atoms in total. The lowest BCUT2D eigenvalue weighted by Gasteiger charge is -2.18. The third-order valence-corrected chi connectivity index (χ3v) is 4.33. The summed E-state index contributed by atoms with van der Waals surface area (Å²) in [7, 11) is 1.76. The Morgan fingerprint density at radius 1 is 1.04 bits per heavy atom. The van der Waals surface area contributed by atoms with Gasteiger partial charge in [-0.2, -0.15) is 0 Å². The molecular formula is C20H23FN2O2. The molecule has 0 aliphatic rings. The molecule has 0 unspecified atom stereocenters. The molecule has 0 aliphatic heterocycles. The van der Waals surface area contributed by atoms with E-state index in [0.717, 1.165) is 22.2 Å². The SMILES string of the molecule is Cn1c(=O)n(CC(C)(C)C)c2ccc(-c3ccc(F)c(CO)c3)cc21. The molecule has 0 saturated heterocycles. The van der Waals surface area contributed by atoms with Gasteiger partial charge in [0.25, 0.3) is 0 Å². The van der Waals surface area contributed by atoms with Crippen molar-refractivity contribution >= 4 is 11.0 Å². The molecule has 0 spiro atoms. The minimum atomic E-state index is -0.420. The molecule has 5 heteroatoms. The van der Waals surface area contributed by atoms with Crippen LogP contribution in [0, 0.1) is 11.2 Å². The second-order valence-electron chi connectivity index (χ2n) is 7.66. The minimum absolute atomic E-state index is 0.0102. The van der Waals surface area contributed by atoms with Crippen LogP contribution in [0.4, 0.5) is 4.39 Å². The van der Waals surface area contributed by atoms with Crippen LogP contribution in [0.3, 0.4) is 0 Å². The van der Waals surface area contributed by atoms with Crippen LogP contribution in [0.1, 0.15) is 26.3 Å². The summed E-state index contributed by atoms with van der Waals surface area (Å²) in [5.41, 5.74) is 3.62. The highest BCUT2D eigenvalue weighted by atomic mass is 19.1. The van der Waals surface area contributed by atoms with E-state index < -0.39 is 5.82 Å². The number of aryl methyl sites for hydroxylation is 1. The van der Waals surface area contributed by atoms with Gasteiger partial charge < -0.3 is 5.11 Å². The van der Waals surface area contributed by atoms with E-state index in [1.165, 1.54) is 6.07 Å². The van der Waals surface area contributed by atoms with Gasteiger partial charge in [-0.3, -0.25) is 9.13 Å². The van der Waals surface area contributed by atoms with E-state index in [-0.39, 0.29) is 23.3 Å². The van der Waals surface area contributed by atoms with Gasteiger partial charge in [-0.1, -0.05) is 32.9 Å². The monoisotopic (exact) mass is 342 g/mol. The first-order valence-electron chi connectivity index (χ1n) is 8.30. The van der Waals surface area contributed by atoms with Crippen molar-refractivity contribution in [3.63, 3.8) is 0 Å². The zero-order valence-electron chi connectivity index (χ0n) is 15.0. The maximum atomic E-state index is 13.6. The Morgan fingerprint density at radius 2 is 1.68 bits per heavy atom. The van der Waals surface area contributed by atoms with Crippen LogP contribution in [-0.4, -0.2) is 14.2 Å². The first-order chi connectivity index (χ1) is 11.7. The number of aliphatic hydroxyl groups is 1. The highest BCUT2D eigenvalue weighted by Gasteiger charge is 2.18. The zero-order chi connectivity index (χ0) is 18.4. The highest BCUT2D eigenvalue weighted by Crippen LogP contribution is 2.27. The van der Waals surface area contributed by atoms with Gasteiger partial charge in [-0.25, -0.2) is 9.18 Å². The summed E-state index contributed by atoms with van der Waals surface area (Å²) in [6.07, 6.45) is 0. The zero-order valence-corrected chi connectivity index (χ0v) is 15.0. The Hall–Kier alpha value is -2.40. The van der Waals surface area contributed by atoms with Crippen molar-refractivity contribution in [2.75, 3.05) is 0 Å². The molecule has 0 saturated carbocycles. The van der Waals surface area contributed by atoms with Crippen LogP contribution in [0.5, 0.6) is 0 Å². The van der Waals surface area contributed by atoms with E-state index in [9.17, 15) is 14.3 Å². The predicted octanol–water partition coefficient (Wildman–Crippen LogP) is 3.68. The first kappa shape index (κ1) is 17.4. The lowest BCUT2D eigenvalue weighted by atomic mass is 9.97. The summed E-state index contributed by atoms with van der Waals surface area (Å²) in [5, 5.41) is 9.26. The van der Waals surface area contributed by atoms with E-state index in [4.69, 9.17) is 0 Å². The molecule has 0 aliphatic carbocycles. The van der Waals surface area contributed by atoms with Gasteiger partial charge in [-0.15, -0.1) is 0 Å². The number of benzene rings is 2. The summed E-state index contributed by atoms with van der Waals surface area (Å²) >= 11 is 0. The number of aromatic nitrogens is 2. The fraction of sp³-hybridized carbons (Fsp3) is 0.350. The maximum absolute atomic E-state index is 13.6. The van der Waals surface area contributed by atoms with Crippen molar-refractivity contribution in [1.29, 1.82) is 0 Å². The van der Waals surface area contributed by atoms with E-state index in [0.29, 0.717) is 6.54 Å². The number of hydrogen-bond donors (Lipinski definition) is 1. The van der Waals surface area contributed by atoms with Gasteiger partial charge in [0, 0.05) is 19.2 Å². The smallest absolute Gasteiger partial charge is 0.328 e. The molecule has 1 N–H and O–H groups in total. The van der Waals surface area contributed by atoms with Gasteiger partial charge in [0.2, 0.25) is 0 Å². The summed E-state index contributed by atoms with van der Waals surface area (Å²) < 4.78 is 17.0. The van der Waals surface area contributed by atoms with Crippen LogP contribution in [0.15, 0.2) is 41.2 Å². The van der Waals surface area contributed by atoms with Crippen LogP contribution in [0.2, 0.25) is 0 Å².